The van der Waals surface area contributed by atoms with Crippen LogP contribution >= 0.6 is 0 Å². The molecule has 0 N–H and O–H groups in total. The van der Waals surface area contributed by atoms with Crippen molar-refractivity contribution in [3.05, 3.63) is 301 Å². The van der Waals surface area contributed by atoms with Gasteiger partial charge in [0.1, 0.15) is 0 Å². The summed E-state index contributed by atoms with van der Waals surface area (Å²) in [5, 5.41) is 2.58. The second-order valence-corrected chi connectivity index (χ2v) is 22.2. The van der Waals surface area contributed by atoms with Crippen LogP contribution < -0.4 is 0 Å². The zero-order valence-electron chi connectivity index (χ0n) is 42.3. The van der Waals surface area contributed by atoms with E-state index >= 15 is 0 Å². The molecule has 7 aliphatic carbocycles. The lowest BCUT2D eigenvalue weighted by Crippen LogP contribution is -2.26. The summed E-state index contributed by atoms with van der Waals surface area (Å²) in [4.78, 5) is 0. The van der Waals surface area contributed by atoms with Crippen molar-refractivity contribution in [3.8, 4) is 22.3 Å². The molecule has 1 spiro atoms. The minimum atomic E-state index is -0.363. The summed E-state index contributed by atoms with van der Waals surface area (Å²) in [6.45, 7) is 9.15. The van der Waals surface area contributed by atoms with Crippen LogP contribution in [-0.4, -0.2) is 0 Å². The van der Waals surface area contributed by atoms with Gasteiger partial charge in [-0.15, -0.1) is 0 Å². The molecule has 0 saturated heterocycles. The van der Waals surface area contributed by atoms with E-state index in [2.05, 4.69) is 234 Å². The predicted molar refractivity (Wildman–Crippen MR) is 306 cm³/mol. The van der Waals surface area contributed by atoms with E-state index in [9.17, 15) is 0 Å². The lowest BCUT2D eigenvalue weighted by molar-refractivity contribution is 0.659. The fraction of sp³-hybridized carbons (Fsp3) is 0.178. The van der Waals surface area contributed by atoms with Gasteiger partial charge in [0.05, 0.1) is 5.41 Å². The van der Waals surface area contributed by atoms with Gasteiger partial charge < -0.3 is 0 Å². The zero-order chi connectivity index (χ0) is 48.7. The highest BCUT2D eigenvalue weighted by molar-refractivity contribution is 6.02. The largest absolute Gasteiger partial charge is 0.0877 e. The van der Waals surface area contributed by atoms with E-state index in [-0.39, 0.29) is 22.7 Å². The summed E-state index contributed by atoms with van der Waals surface area (Å²) in [5.74, 6) is 0.0464. The third-order valence-electron chi connectivity index (χ3n) is 18.3. The molecule has 3 atom stereocenters. The summed E-state index contributed by atoms with van der Waals surface area (Å²) < 4.78 is 0. The van der Waals surface area contributed by atoms with Gasteiger partial charge in [-0.05, 0) is 202 Å². The molecule has 3 unspecified atom stereocenters. The molecule has 0 saturated carbocycles. The van der Waals surface area contributed by atoms with Gasteiger partial charge in [-0.1, -0.05) is 208 Å². The SMILES string of the molecule is C\C=C/C=C1\C(=C/C)c2ccc(C(c3ccc4c(c3)CC3=CCCC=C34)c3ccc4c(c3)C(c3cccc5c3-c3ccccc3C53C5=CCCC=C5c5ccccc53)c3cc5ccccc5cc3-4)cc2C1(C)C. The second kappa shape index (κ2) is 15.8. The van der Waals surface area contributed by atoms with Gasteiger partial charge in [-0.2, -0.15) is 0 Å². The van der Waals surface area contributed by atoms with E-state index in [4.69, 9.17) is 0 Å². The van der Waals surface area contributed by atoms with E-state index in [1.165, 1.54) is 144 Å². The Balaban J connectivity index is 0.971. The van der Waals surface area contributed by atoms with E-state index < -0.39 is 0 Å². The van der Waals surface area contributed by atoms with Crippen molar-refractivity contribution in [2.24, 2.45) is 0 Å². The molecule has 0 aromatic heterocycles. The molecule has 0 bridgehead atoms. The summed E-state index contributed by atoms with van der Waals surface area (Å²) in [6, 6.07) is 62.6. The molecular formula is C73H58. The van der Waals surface area contributed by atoms with Gasteiger partial charge in [0.15, 0.2) is 0 Å². The fourth-order valence-corrected chi connectivity index (χ4v) is 15.2. The standard InChI is InChI=1S/C73H58/c1-5-7-27-63-51(6-2)57-37-34-49(43-68(57)72(63,3)4)69(47-32-35-53-50(39-47)38-46-21-10-11-22-52(46)53)48-33-36-54-60-40-44-19-8-9-20-45(44)41-62(60)70(61(54)42-48)59-26-18-31-67-71(59)58-25-14-17-30-66(58)73(67)64-28-15-12-23-55(64)56-24-13-16-29-65(56)73/h5-9,12,14-15,17-37,39-43,69-70H,10-11,13,16,38H2,1-4H3/b7-5-,51-6-,63-27+. The van der Waals surface area contributed by atoms with Crippen LogP contribution in [0.25, 0.3) is 49.7 Å². The van der Waals surface area contributed by atoms with Gasteiger partial charge in [0.25, 0.3) is 0 Å². The summed E-state index contributed by atoms with van der Waals surface area (Å²) in [6.07, 6.45) is 24.5. The molecule has 0 amide bonds. The van der Waals surface area contributed by atoms with Crippen LogP contribution in [0.3, 0.4) is 0 Å². The second-order valence-electron chi connectivity index (χ2n) is 22.2. The zero-order valence-corrected chi connectivity index (χ0v) is 42.3. The van der Waals surface area contributed by atoms with Crippen molar-refractivity contribution >= 4 is 27.5 Å². The molecule has 0 heterocycles. The van der Waals surface area contributed by atoms with Crippen LogP contribution in [0.5, 0.6) is 0 Å². The van der Waals surface area contributed by atoms with Crippen molar-refractivity contribution in [2.75, 3.05) is 0 Å². The molecule has 0 radical (unpaired) electrons. The molecule has 0 fully saturated rings. The molecule has 15 rings (SSSR count). The van der Waals surface area contributed by atoms with Crippen LogP contribution in [0, 0.1) is 0 Å². The summed E-state index contributed by atoms with van der Waals surface area (Å²) in [7, 11) is 0. The maximum Gasteiger partial charge on any atom is 0.0722 e. The first-order chi connectivity index (χ1) is 35.9. The Bertz CT molecular complexity index is 3990. The van der Waals surface area contributed by atoms with Crippen LogP contribution in [0.15, 0.2) is 223 Å². The third kappa shape index (κ3) is 5.84. The van der Waals surface area contributed by atoms with Gasteiger partial charge in [0, 0.05) is 17.3 Å². The van der Waals surface area contributed by atoms with Gasteiger partial charge in [-0.3, -0.25) is 0 Å². The third-order valence-corrected chi connectivity index (χ3v) is 18.3. The van der Waals surface area contributed by atoms with Crippen LogP contribution in [0.1, 0.15) is 143 Å². The van der Waals surface area contributed by atoms with Crippen molar-refractivity contribution < 1.29 is 0 Å². The smallest absolute Gasteiger partial charge is 0.0722 e. The number of allylic oxidation sites excluding steroid dienone is 14. The average molecular weight is 935 g/mol. The Kier molecular flexibility index (Phi) is 9.30. The monoisotopic (exact) mass is 934 g/mol. The van der Waals surface area contributed by atoms with E-state index in [1.807, 2.05) is 0 Å². The van der Waals surface area contributed by atoms with E-state index in [0.29, 0.717) is 0 Å². The lowest BCUT2D eigenvalue weighted by Gasteiger charge is -2.32. The number of fused-ring (bicyclic) bond motifs is 18. The maximum atomic E-state index is 2.64. The highest BCUT2D eigenvalue weighted by Crippen LogP contribution is 2.66. The molecule has 0 heteroatoms. The highest BCUT2D eigenvalue weighted by atomic mass is 14.6. The number of hydrogen-bond acceptors (Lipinski definition) is 0. The molecule has 350 valence electrons. The minimum absolute atomic E-state index is 0.0206. The molecule has 0 aliphatic heterocycles. The fourth-order valence-electron chi connectivity index (χ4n) is 15.2. The van der Waals surface area contributed by atoms with E-state index in [0.717, 1.165) is 32.1 Å². The van der Waals surface area contributed by atoms with Crippen molar-refractivity contribution in [1.82, 2.24) is 0 Å². The summed E-state index contributed by atoms with van der Waals surface area (Å²) >= 11 is 0. The molecule has 73 heavy (non-hydrogen) atoms. The van der Waals surface area contributed by atoms with Crippen LogP contribution in [0.2, 0.25) is 0 Å². The number of rotatable bonds is 5. The molecule has 8 aromatic rings. The lowest BCUT2D eigenvalue weighted by atomic mass is 9.69. The Morgan fingerprint density at radius 1 is 0.493 bits per heavy atom. The molecule has 0 nitrogen and oxygen atoms in total. The topological polar surface area (TPSA) is 0 Å². The predicted octanol–water partition coefficient (Wildman–Crippen LogP) is 18.5. The van der Waals surface area contributed by atoms with Crippen LogP contribution in [-0.2, 0) is 17.3 Å². The van der Waals surface area contributed by atoms with Gasteiger partial charge in [0.2, 0.25) is 0 Å². The average Bonchev–Trinajstić information content (AvgIpc) is 4.20. The Morgan fingerprint density at radius 2 is 1.14 bits per heavy atom. The Labute approximate surface area is 430 Å². The Hall–Kier alpha value is -7.80. The van der Waals surface area contributed by atoms with Gasteiger partial charge in [-0.25, -0.2) is 0 Å². The van der Waals surface area contributed by atoms with Gasteiger partial charge >= 0.3 is 0 Å². The van der Waals surface area contributed by atoms with Crippen molar-refractivity contribution in [3.63, 3.8) is 0 Å². The maximum absolute atomic E-state index is 2.64. The minimum Gasteiger partial charge on any atom is -0.0877 e. The first-order valence-electron chi connectivity index (χ1n) is 27.0. The van der Waals surface area contributed by atoms with Crippen LogP contribution in [0.4, 0.5) is 0 Å². The number of benzene rings is 8. The first-order valence-corrected chi connectivity index (χ1v) is 27.0. The molecule has 7 aliphatic rings. The molecule has 8 aromatic carbocycles. The normalized spacial score (nSPS) is 21.5. The van der Waals surface area contributed by atoms with Crippen molar-refractivity contribution in [2.45, 2.75) is 82.5 Å². The highest BCUT2D eigenvalue weighted by Gasteiger charge is 2.54. The Morgan fingerprint density at radius 3 is 1.95 bits per heavy atom. The first kappa shape index (κ1) is 42.8. The van der Waals surface area contributed by atoms with Crippen molar-refractivity contribution in [1.29, 1.82) is 0 Å². The quantitative estimate of drug-likeness (QED) is 0.151. The molecular weight excluding hydrogens is 877 g/mol. The summed E-state index contributed by atoms with van der Waals surface area (Å²) in [5.41, 5.74) is 33.1. The number of hydrogen-bond donors (Lipinski definition) is 0. The van der Waals surface area contributed by atoms with E-state index in [1.54, 1.807) is 0 Å².